The molecule has 2 aliphatic heterocycles. The number of hydrogen-bond donors (Lipinski definition) is 1. The van der Waals surface area contributed by atoms with Gasteiger partial charge in [-0.15, -0.1) is 0 Å². The molecule has 0 spiro atoms. The van der Waals surface area contributed by atoms with E-state index in [4.69, 9.17) is 0 Å². The number of imidazole rings is 1. The Morgan fingerprint density at radius 2 is 2.22 bits per heavy atom. The fraction of sp³-hybridized carbons (Fsp3) is 0.765. The highest BCUT2D eigenvalue weighted by Gasteiger charge is 2.29. The third-order valence-corrected chi connectivity index (χ3v) is 5.51. The van der Waals surface area contributed by atoms with Gasteiger partial charge in [-0.3, -0.25) is 4.99 Å². The van der Waals surface area contributed by atoms with E-state index < -0.39 is 0 Å². The van der Waals surface area contributed by atoms with Crippen molar-refractivity contribution in [3.8, 4) is 0 Å². The summed E-state index contributed by atoms with van der Waals surface area (Å²) >= 11 is 0. The van der Waals surface area contributed by atoms with Crippen molar-refractivity contribution in [2.24, 2.45) is 10.9 Å². The van der Waals surface area contributed by atoms with Gasteiger partial charge in [0.1, 0.15) is 0 Å². The van der Waals surface area contributed by atoms with Crippen LogP contribution < -0.4 is 5.32 Å². The van der Waals surface area contributed by atoms with Gasteiger partial charge in [-0.2, -0.15) is 0 Å². The van der Waals surface area contributed by atoms with E-state index >= 15 is 0 Å². The van der Waals surface area contributed by atoms with Crippen molar-refractivity contribution in [2.75, 3.05) is 40.3 Å². The topological polar surface area (TPSA) is 48.7 Å². The van der Waals surface area contributed by atoms with Gasteiger partial charge in [0.05, 0.1) is 12.4 Å². The summed E-state index contributed by atoms with van der Waals surface area (Å²) in [5.41, 5.74) is 0. The van der Waals surface area contributed by atoms with Crippen LogP contribution in [-0.4, -0.2) is 71.6 Å². The van der Waals surface area contributed by atoms with Crippen LogP contribution in [0.1, 0.15) is 32.2 Å². The van der Waals surface area contributed by atoms with Crippen LogP contribution >= 0.6 is 0 Å². The monoisotopic (exact) mass is 318 g/mol. The van der Waals surface area contributed by atoms with Crippen molar-refractivity contribution in [1.29, 1.82) is 0 Å². The lowest BCUT2D eigenvalue weighted by Crippen LogP contribution is -2.51. The van der Waals surface area contributed by atoms with Gasteiger partial charge in [0.15, 0.2) is 5.96 Å². The minimum absolute atomic E-state index is 0.471. The average molecular weight is 318 g/mol. The second-order valence-electron chi connectivity index (χ2n) is 6.99. The zero-order valence-corrected chi connectivity index (χ0v) is 14.6. The number of nitrogens with zero attached hydrogens (tertiary/aromatic N) is 5. The Balaban J connectivity index is 1.60. The highest BCUT2D eigenvalue weighted by molar-refractivity contribution is 5.80. The number of likely N-dealkylation sites (tertiary alicyclic amines) is 2. The molecule has 2 fully saturated rings. The largest absolute Gasteiger partial charge is 0.355 e. The van der Waals surface area contributed by atoms with E-state index in [1.54, 1.807) is 0 Å². The Morgan fingerprint density at radius 3 is 2.87 bits per heavy atom. The van der Waals surface area contributed by atoms with Gasteiger partial charge < -0.3 is 19.7 Å². The van der Waals surface area contributed by atoms with E-state index in [1.807, 2.05) is 19.6 Å². The summed E-state index contributed by atoms with van der Waals surface area (Å²) in [6.07, 6.45) is 9.67. The van der Waals surface area contributed by atoms with Crippen molar-refractivity contribution in [1.82, 2.24) is 24.7 Å². The number of aliphatic imine (C=N–C) groups is 1. The molecule has 2 aliphatic rings. The molecule has 1 aromatic rings. The first-order chi connectivity index (χ1) is 11.2. The fourth-order valence-electron chi connectivity index (χ4n) is 3.87. The Labute approximate surface area is 139 Å². The van der Waals surface area contributed by atoms with Gasteiger partial charge in [-0.05, 0) is 38.8 Å². The molecule has 1 aromatic heterocycles. The highest BCUT2D eigenvalue weighted by atomic mass is 15.3. The molecule has 3 atom stereocenters. The summed E-state index contributed by atoms with van der Waals surface area (Å²) in [7, 11) is 4.12. The normalized spacial score (nSPS) is 30.0. The van der Waals surface area contributed by atoms with Gasteiger partial charge >= 0.3 is 0 Å². The maximum Gasteiger partial charge on any atom is 0.193 e. The van der Waals surface area contributed by atoms with Gasteiger partial charge in [0, 0.05) is 45.1 Å². The number of nitrogens with one attached hydrogen (secondary N) is 1. The molecule has 0 radical (unpaired) electrons. The number of piperidine rings is 1. The first-order valence-electron chi connectivity index (χ1n) is 8.82. The number of likely N-dealkylation sites (N-methyl/N-ethyl adjacent to an activating group) is 1. The van der Waals surface area contributed by atoms with Crippen LogP contribution in [0.15, 0.2) is 23.7 Å². The fourth-order valence-corrected chi connectivity index (χ4v) is 3.87. The van der Waals surface area contributed by atoms with Crippen molar-refractivity contribution < 1.29 is 0 Å². The Hall–Kier alpha value is -1.56. The molecule has 0 amide bonds. The predicted molar refractivity (Wildman–Crippen MR) is 93.6 cm³/mol. The van der Waals surface area contributed by atoms with E-state index in [-0.39, 0.29) is 0 Å². The molecule has 23 heavy (non-hydrogen) atoms. The van der Waals surface area contributed by atoms with E-state index in [1.165, 1.54) is 25.8 Å². The number of guanidine groups is 1. The highest BCUT2D eigenvalue weighted by Crippen LogP contribution is 2.27. The summed E-state index contributed by atoms with van der Waals surface area (Å²) < 4.78 is 2.24. The van der Waals surface area contributed by atoms with E-state index in [9.17, 15) is 0 Å². The average Bonchev–Trinajstić information content (AvgIpc) is 3.21. The van der Waals surface area contributed by atoms with Crippen LogP contribution in [0.3, 0.4) is 0 Å². The van der Waals surface area contributed by atoms with Crippen LogP contribution in [-0.2, 0) is 0 Å². The van der Waals surface area contributed by atoms with Crippen molar-refractivity contribution in [2.45, 2.75) is 38.3 Å². The molecule has 2 saturated heterocycles. The number of hydrogen-bond acceptors (Lipinski definition) is 3. The Bertz CT molecular complexity index is 511. The predicted octanol–water partition coefficient (Wildman–Crippen LogP) is 1.44. The SMILES string of the molecule is CN=C(NCC1CCCN1C)N1CCC(C)C(n2ccnc2)C1. The standard InChI is InChI=1S/C17H30N6/c1-14-6-9-22(12-16(14)23-10-7-19-13-23)17(18-2)20-11-15-5-4-8-21(15)3/h7,10,13-16H,4-6,8-9,11-12H2,1-3H3,(H,18,20). The van der Waals surface area contributed by atoms with Crippen LogP contribution in [0.25, 0.3) is 0 Å². The zero-order valence-electron chi connectivity index (χ0n) is 14.6. The lowest BCUT2D eigenvalue weighted by molar-refractivity contribution is 0.188. The second kappa shape index (κ2) is 7.34. The number of rotatable bonds is 3. The maximum atomic E-state index is 4.53. The zero-order chi connectivity index (χ0) is 16.2. The first-order valence-corrected chi connectivity index (χ1v) is 8.82. The second-order valence-corrected chi connectivity index (χ2v) is 6.99. The quantitative estimate of drug-likeness (QED) is 0.677. The van der Waals surface area contributed by atoms with E-state index in [0.717, 1.165) is 25.6 Å². The summed E-state index contributed by atoms with van der Waals surface area (Å²) in [4.78, 5) is 13.6. The molecular formula is C17H30N6. The van der Waals surface area contributed by atoms with Crippen LogP contribution in [0.2, 0.25) is 0 Å². The molecule has 0 saturated carbocycles. The minimum atomic E-state index is 0.471. The van der Waals surface area contributed by atoms with Crippen molar-refractivity contribution in [3.63, 3.8) is 0 Å². The third kappa shape index (κ3) is 3.68. The summed E-state index contributed by atoms with van der Waals surface area (Å²) in [6, 6.07) is 1.11. The van der Waals surface area contributed by atoms with E-state index in [0.29, 0.717) is 18.0 Å². The Morgan fingerprint density at radius 1 is 1.35 bits per heavy atom. The lowest BCUT2D eigenvalue weighted by Gasteiger charge is -2.39. The van der Waals surface area contributed by atoms with Crippen LogP contribution in [0.4, 0.5) is 0 Å². The molecule has 0 bridgehead atoms. The van der Waals surface area contributed by atoms with Gasteiger partial charge in [-0.25, -0.2) is 4.98 Å². The molecule has 0 aromatic carbocycles. The summed E-state index contributed by atoms with van der Waals surface area (Å²) in [5, 5.41) is 3.60. The molecular weight excluding hydrogens is 288 g/mol. The van der Waals surface area contributed by atoms with Gasteiger partial charge in [-0.1, -0.05) is 6.92 Å². The van der Waals surface area contributed by atoms with Gasteiger partial charge in [0.2, 0.25) is 0 Å². The summed E-state index contributed by atoms with van der Waals surface area (Å²) in [6.45, 7) is 6.62. The molecule has 128 valence electrons. The lowest BCUT2D eigenvalue weighted by atomic mass is 9.93. The Kier molecular flexibility index (Phi) is 5.20. The van der Waals surface area contributed by atoms with Crippen molar-refractivity contribution in [3.05, 3.63) is 18.7 Å². The maximum absolute atomic E-state index is 4.53. The van der Waals surface area contributed by atoms with Crippen LogP contribution in [0, 0.1) is 5.92 Å². The summed E-state index contributed by atoms with van der Waals surface area (Å²) in [5.74, 6) is 1.71. The van der Waals surface area contributed by atoms with Crippen molar-refractivity contribution >= 4 is 5.96 Å². The molecule has 3 rings (SSSR count). The molecule has 0 aliphatic carbocycles. The molecule has 1 N–H and O–H groups in total. The first kappa shape index (κ1) is 16.3. The molecule has 3 unspecified atom stereocenters. The third-order valence-electron chi connectivity index (χ3n) is 5.51. The molecule has 6 heteroatoms. The van der Waals surface area contributed by atoms with E-state index in [2.05, 4.69) is 49.8 Å². The smallest absolute Gasteiger partial charge is 0.193 e. The molecule has 6 nitrogen and oxygen atoms in total. The van der Waals surface area contributed by atoms with Gasteiger partial charge in [0.25, 0.3) is 0 Å². The molecule has 3 heterocycles. The van der Waals surface area contributed by atoms with Crippen LogP contribution in [0.5, 0.6) is 0 Å². The number of aromatic nitrogens is 2. The minimum Gasteiger partial charge on any atom is -0.355 e.